The summed E-state index contributed by atoms with van der Waals surface area (Å²) in [6.45, 7) is 0.336. The van der Waals surface area contributed by atoms with Gasteiger partial charge >= 0.3 is 5.69 Å². The van der Waals surface area contributed by atoms with Gasteiger partial charge in [-0.2, -0.15) is 4.31 Å². The van der Waals surface area contributed by atoms with Gasteiger partial charge in [0.25, 0.3) is 5.56 Å². The zero-order valence-electron chi connectivity index (χ0n) is 12.1. The third-order valence-electron chi connectivity index (χ3n) is 4.23. The van der Waals surface area contributed by atoms with E-state index < -0.39 is 26.2 Å². The summed E-state index contributed by atoms with van der Waals surface area (Å²) in [5.74, 6) is -0.149. The van der Waals surface area contributed by atoms with E-state index in [-0.39, 0.29) is 31.0 Å². The molecule has 0 aliphatic carbocycles. The summed E-state index contributed by atoms with van der Waals surface area (Å²) < 4.78 is 28.4. The van der Waals surface area contributed by atoms with Crippen LogP contribution in [0.15, 0.2) is 20.7 Å². The van der Waals surface area contributed by atoms with Crippen LogP contribution in [0.25, 0.3) is 0 Å². The summed E-state index contributed by atoms with van der Waals surface area (Å²) in [6, 6.07) is -0.210. The van der Waals surface area contributed by atoms with Crippen molar-refractivity contribution in [2.45, 2.75) is 17.4 Å². The van der Waals surface area contributed by atoms with Crippen LogP contribution in [0.3, 0.4) is 0 Å². The number of amides is 1. The molecule has 2 fully saturated rings. The van der Waals surface area contributed by atoms with Gasteiger partial charge in [-0.15, -0.1) is 0 Å². The fourth-order valence-electron chi connectivity index (χ4n) is 2.99. The maximum atomic E-state index is 12.7. The average Bonchev–Trinajstić information content (AvgIpc) is 2.97. The number of sulfonamides is 1. The van der Waals surface area contributed by atoms with E-state index in [1.165, 1.54) is 18.4 Å². The number of hydrogen-bond donors (Lipinski definition) is 1. The second-order valence-electron chi connectivity index (χ2n) is 5.71. The molecular weight excluding hydrogens is 312 g/mol. The molecule has 0 unspecified atom stereocenters. The number of rotatable bonds is 2. The first-order chi connectivity index (χ1) is 10.2. The lowest BCUT2D eigenvalue weighted by atomic mass is 10.1. The van der Waals surface area contributed by atoms with E-state index in [1.54, 1.807) is 0 Å². The lowest BCUT2D eigenvalue weighted by Gasteiger charge is -2.17. The fourth-order valence-corrected chi connectivity index (χ4v) is 4.66. The van der Waals surface area contributed by atoms with Gasteiger partial charge in [-0.3, -0.25) is 14.2 Å². The van der Waals surface area contributed by atoms with Crippen molar-refractivity contribution >= 4 is 15.9 Å². The Bertz CT molecular complexity index is 852. The lowest BCUT2D eigenvalue weighted by molar-refractivity contribution is -0.119. The van der Waals surface area contributed by atoms with Gasteiger partial charge in [0, 0.05) is 51.8 Å². The predicted octanol–water partition coefficient (Wildman–Crippen LogP) is -2.41. The lowest BCUT2D eigenvalue weighted by Crippen LogP contribution is -2.43. The molecule has 1 aromatic heterocycles. The average molecular weight is 328 g/mol. The summed E-state index contributed by atoms with van der Waals surface area (Å²) in [4.78, 5) is 34.6. The Hall–Kier alpha value is -1.94. The molecule has 0 saturated carbocycles. The van der Waals surface area contributed by atoms with Gasteiger partial charge in [-0.1, -0.05) is 0 Å². The second-order valence-corrected chi connectivity index (χ2v) is 7.62. The Morgan fingerprint density at radius 3 is 2.50 bits per heavy atom. The van der Waals surface area contributed by atoms with Crippen LogP contribution in [0, 0.1) is 5.92 Å². The molecule has 120 valence electrons. The van der Waals surface area contributed by atoms with Crippen molar-refractivity contribution in [1.29, 1.82) is 0 Å². The first kappa shape index (κ1) is 15.0. The predicted molar refractivity (Wildman–Crippen MR) is 75.7 cm³/mol. The number of hydrogen-bond acceptors (Lipinski definition) is 5. The van der Waals surface area contributed by atoms with Crippen molar-refractivity contribution in [3.8, 4) is 0 Å². The quantitative estimate of drug-likeness (QED) is 0.650. The fraction of sp³-hybridized carbons (Fsp3) is 0.583. The van der Waals surface area contributed by atoms with Gasteiger partial charge in [0.15, 0.2) is 4.90 Å². The van der Waals surface area contributed by atoms with Crippen LogP contribution in [0.1, 0.15) is 6.42 Å². The van der Waals surface area contributed by atoms with Crippen LogP contribution in [-0.4, -0.2) is 46.9 Å². The molecule has 1 aromatic rings. The summed E-state index contributed by atoms with van der Waals surface area (Å²) >= 11 is 0. The molecule has 22 heavy (non-hydrogen) atoms. The van der Waals surface area contributed by atoms with Crippen LogP contribution in [0.5, 0.6) is 0 Å². The minimum atomic E-state index is -4.00. The largest absolute Gasteiger partial charge is 0.352 e. The zero-order valence-corrected chi connectivity index (χ0v) is 13.0. The van der Waals surface area contributed by atoms with Gasteiger partial charge in [0.2, 0.25) is 15.9 Å². The number of nitrogens with zero attached hydrogens (tertiary/aromatic N) is 3. The van der Waals surface area contributed by atoms with Crippen molar-refractivity contribution in [3.05, 3.63) is 27.0 Å². The number of carbonyl (C=O) groups excluding carboxylic acids is 1. The van der Waals surface area contributed by atoms with Gasteiger partial charge in [-0.05, 0) is 0 Å². The van der Waals surface area contributed by atoms with E-state index in [0.29, 0.717) is 6.42 Å². The van der Waals surface area contributed by atoms with E-state index >= 15 is 0 Å². The van der Waals surface area contributed by atoms with Crippen molar-refractivity contribution in [2.75, 3.05) is 13.1 Å². The number of carbonyl (C=O) groups is 1. The van der Waals surface area contributed by atoms with Crippen LogP contribution in [0.4, 0.5) is 0 Å². The van der Waals surface area contributed by atoms with E-state index in [9.17, 15) is 22.8 Å². The molecular formula is C12H16N4O5S. The highest BCUT2D eigenvalue weighted by molar-refractivity contribution is 7.89. The number of aryl methyl sites for hydroxylation is 1. The summed E-state index contributed by atoms with van der Waals surface area (Å²) in [7, 11) is -1.37. The highest BCUT2D eigenvalue weighted by Gasteiger charge is 2.45. The molecule has 1 N–H and O–H groups in total. The second kappa shape index (κ2) is 4.78. The zero-order chi connectivity index (χ0) is 16.2. The third kappa shape index (κ3) is 2.10. The standard InChI is InChI=1S/C12H16N4O5S/c1-14-6-9(11(18)15(2)12(14)19)22(20,21)16-4-7-3-10(17)13-8(7)5-16/h6-8H,3-5H2,1-2H3,(H,13,17)/t7-,8+/m0/s1. The molecule has 10 heteroatoms. The summed E-state index contributed by atoms with van der Waals surface area (Å²) in [5.41, 5.74) is -1.43. The highest BCUT2D eigenvalue weighted by atomic mass is 32.2. The number of nitrogens with one attached hydrogen (secondary N) is 1. The maximum Gasteiger partial charge on any atom is 0.330 e. The topological polar surface area (TPSA) is 110 Å². The van der Waals surface area contributed by atoms with Gasteiger partial charge < -0.3 is 9.88 Å². The van der Waals surface area contributed by atoms with Crippen molar-refractivity contribution < 1.29 is 13.2 Å². The van der Waals surface area contributed by atoms with Crippen LogP contribution in [0.2, 0.25) is 0 Å². The first-order valence-corrected chi connectivity index (χ1v) is 8.22. The molecule has 3 heterocycles. The molecule has 9 nitrogen and oxygen atoms in total. The Morgan fingerprint density at radius 1 is 1.18 bits per heavy atom. The Labute approximate surface area is 126 Å². The molecule has 0 radical (unpaired) electrons. The summed E-state index contributed by atoms with van der Waals surface area (Å²) in [6.07, 6.45) is 1.34. The normalized spacial score (nSPS) is 25.3. The third-order valence-corrected chi connectivity index (χ3v) is 6.05. The number of fused-ring (bicyclic) bond motifs is 1. The highest BCUT2D eigenvalue weighted by Crippen LogP contribution is 2.28. The van der Waals surface area contributed by atoms with Crippen LogP contribution in [-0.2, 0) is 28.9 Å². The molecule has 2 aliphatic rings. The maximum absolute atomic E-state index is 12.7. The summed E-state index contributed by atoms with van der Waals surface area (Å²) in [5, 5.41) is 2.73. The van der Waals surface area contributed by atoms with E-state index in [0.717, 1.165) is 15.3 Å². The van der Waals surface area contributed by atoms with Gasteiger partial charge in [0.05, 0.1) is 0 Å². The SMILES string of the molecule is Cn1cc(S(=O)(=O)N2C[C@@H]3CC(=O)N[C@@H]3C2)c(=O)n(C)c1=O. The van der Waals surface area contributed by atoms with Crippen molar-refractivity contribution in [1.82, 2.24) is 18.8 Å². The monoisotopic (exact) mass is 328 g/mol. The van der Waals surface area contributed by atoms with Crippen LogP contribution < -0.4 is 16.6 Å². The molecule has 0 aromatic carbocycles. The molecule has 2 aliphatic heterocycles. The number of aromatic nitrogens is 2. The smallest absolute Gasteiger partial charge is 0.330 e. The Morgan fingerprint density at radius 2 is 1.86 bits per heavy atom. The van der Waals surface area contributed by atoms with Gasteiger partial charge in [-0.25, -0.2) is 13.2 Å². The van der Waals surface area contributed by atoms with E-state index in [2.05, 4.69) is 5.32 Å². The first-order valence-electron chi connectivity index (χ1n) is 6.78. The van der Waals surface area contributed by atoms with Crippen LogP contribution >= 0.6 is 0 Å². The molecule has 0 bridgehead atoms. The minimum absolute atomic E-state index is 0.0707. The molecule has 2 atom stereocenters. The molecule has 1 amide bonds. The molecule has 0 spiro atoms. The minimum Gasteiger partial charge on any atom is -0.352 e. The van der Waals surface area contributed by atoms with Gasteiger partial charge in [0.1, 0.15) is 0 Å². The van der Waals surface area contributed by atoms with E-state index in [4.69, 9.17) is 0 Å². The molecule has 2 saturated heterocycles. The van der Waals surface area contributed by atoms with Crippen molar-refractivity contribution in [2.24, 2.45) is 20.0 Å². The van der Waals surface area contributed by atoms with E-state index in [1.807, 2.05) is 0 Å². The molecule has 3 rings (SSSR count). The Balaban J connectivity index is 2.01. The Kier molecular flexibility index (Phi) is 3.25. The van der Waals surface area contributed by atoms with Crippen molar-refractivity contribution in [3.63, 3.8) is 0 Å².